The molecule has 0 saturated carbocycles. The minimum atomic E-state index is 0.212. The van der Waals surface area contributed by atoms with E-state index in [1.165, 1.54) is 29.7 Å². The van der Waals surface area contributed by atoms with Gasteiger partial charge in [0, 0.05) is 11.3 Å². The van der Waals surface area contributed by atoms with Crippen molar-refractivity contribution in [3.63, 3.8) is 0 Å². The summed E-state index contributed by atoms with van der Waals surface area (Å²) in [7, 11) is 0. The summed E-state index contributed by atoms with van der Waals surface area (Å²) in [6, 6.07) is 8.93. The zero-order chi connectivity index (χ0) is 12.0. The Bertz CT molecular complexity index is 309. The Hall–Kier alpha value is -0.470. The zero-order valence-corrected chi connectivity index (χ0v) is 11.4. The predicted molar refractivity (Wildman–Crippen MR) is 74.9 cm³/mol. The van der Waals surface area contributed by atoms with E-state index < -0.39 is 0 Å². The third-order valence-electron chi connectivity index (χ3n) is 2.64. The Morgan fingerprint density at radius 2 is 2.12 bits per heavy atom. The summed E-state index contributed by atoms with van der Waals surface area (Å²) in [5.41, 5.74) is 8.77. The maximum absolute atomic E-state index is 6.08. The van der Waals surface area contributed by atoms with Gasteiger partial charge in [0.05, 0.1) is 0 Å². The van der Waals surface area contributed by atoms with Gasteiger partial charge in [-0.1, -0.05) is 43.2 Å². The topological polar surface area (TPSA) is 26.0 Å². The van der Waals surface area contributed by atoms with E-state index in [2.05, 4.69) is 45.0 Å². The van der Waals surface area contributed by atoms with E-state index in [0.29, 0.717) is 5.25 Å². The fraction of sp³-hybridized carbons (Fsp3) is 0.571. The van der Waals surface area contributed by atoms with Crippen LogP contribution in [0.2, 0.25) is 0 Å². The van der Waals surface area contributed by atoms with Crippen molar-refractivity contribution in [1.29, 1.82) is 0 Å². The number of nitrogens with two attached hydrogens (primary N) is 1. The molecule has 0 fully saturated rings. The molecule has 2 atom stereocenters. The van der Waals surface area contributed by atoms with Gasteiger partial charge in [-0.05, 0) is 31.6 Å². The molecule has 2 heteroatoms. The van der Waals surface area contributed by atoms with Crippen LogP contribution in [0.3, 0.4) is 0 Å². The van der Waals surface area contributed by atoms with E-state index >= 15 is 0 Å². The number of hydrogen-bond acceptors (Lipinski definition) is 2. The molecule has 1 rings (SSSR count). The second-order valence-corrected chi connectivity index (χ2v) is 5.67. The van der Waals surface area contributed by atoms with Crippen LogP contribution in [0.1, 0.15) is 43.1 Å². The van der Waals surface area contributed by atoms with E-state index in [-0.39, 0.29) is 6.04 Å². The number of thioether (sulfide) groups is 1. The number of rotatable bonds is 6. The highest BCUT2D eigenvalue weighted by Gasteiger charge is 2.16. The lowest BCUT2D eigenvalue weighted by Gasteiger charge is -2.21. The van der Waals surface area contributed by atoms with Crippen LogP contribution in [0.5, 0.6) is 0 Å². The van der Waals surface area contributed by atoms with Crippen LogP contribution in [0.4, 0.5) is 0 Å². The molecule has 2 N–H and O–H groups in total. The highest BCUT2D eigenvalue weighted by Crippen LogP contribution is 2.32. The third-order valence-corrected chi connectivity index (χ3v) is 4.23. The maximum Gasteiger partial charge on any atom is 0.0445 e. The zero-order valence-electron chi connectivity index (χ0n) is 10.6. The van der Waals surface area contributed by atoms with Crippen LogP contribution >= 0.6 is 11.8 Å². The molecule has 0 aliphatic carbocycles. The molecular weight excluding hydrogens is 214 g/mol. The molecule has 16 heavy (non-hydrogen) atoms. The van der Waals surface area contributed by atoms with Crippen molar-refractivity contribution in [2.24, 2.45) is 5.73 Å². The molecule has 0 spiro atoms. The molecule has 0 aliphatic rings. The Morgan fingerprint density at radius 1 is 1.38 bits per heavy atom. The number of aryl methyl sites for hydroxylation is 1. The van der Waals surface area contributed by atoms with E-state index in [4.69, 9.17) is 5.73 Å². The van der Waals surface area contributed by atoms with Gasteiger partial charge in [0.25, 0.3) is 0 Å². The van der Waals surface area contributed by atoms with Crippen LogP contribution in [-0.2, 0) is 0 Å². The number of hydrogen-bond donors (Lipinski definition) is 1. The molecule has 0 radical (unpaired) electrons. The fourth-order valence-corrected chi connectivity index (χ4v) is 3.11. The molecule has 0 saturated heterocycles. The quantitative estimate of drug-likeness (QED) is 0.759. The average molecular weight is 237 g/mol. The van der Waals surface area contributed by atoms with Gasteiger partial charge in [0.1, 0.15) is 0 Å². The predicted octanol–water partition coefficient (Wildman–Crippen LogP) is 3.92. The van der Waals surface area contributed by atoms with Gasteiger partial charge >= 0.3 is 0 Å². The molecule has 1 aromatic carbocycles. The summed E-state index contributed by atoms with van der Waals surface area (Å²) in [6.07, 6.45) is 2.53. The van der Waals surface area contributed by atoms with Crippen molar-refractivity contribution in [2.45, 2.75) is 44.9 Å². The molecule has 0 bridgehead atoms. The van der Waals surface area contributed by atoms with Crippen molar-refractivity contribution >= 4 is 11.8 Å². The lowest BCUT2D eigenvalue weighted by Crippen LogP contribution is -2.23. The fourth-order valence-electron chi connectivity index (χ4n) is 1.75. The van der Waals surface area contributed by atoms with Gasteiger partial charge in [-0.3, -0.25) is 0 Å². The van der Waals surface area contributed by atoms with Gasteiger partial charge in [-0.25, -0.2) is 0 Å². The largest absolute Gasteiger partial charge is 0.327 e. The van der Waals surface area contributed by atoms with Gasteiger partial charge in [-0.15, -0.1) is 0 Å². The Labute approximate surface area is 104 Å². The maximum atomic E-state index is 6.08. The molecule has 1 aromatic rings. The second-order valence-electron chi connectivity index (χ2n) is 4.42. The molecule has 90 valence electrons. The Morgan fingerprint density at radius 3 is 2.69 bits per heavy atom. The van der Waals surface area contributed by atoms with Crippen molar-refractivity contribution in [3.8, 4) is 0 Å². The van der Waals surface area contributed by atoms with Crippen molar-refractivity contribution in [1.82, 2.24) is 0 Å². The molecule has 0 heterocycles. The van der Waals surface area contributed by atoms with Crippen LogP contribution in [0.25, 0.3) is 0 Å². The number of benzene rings is 1. The van der Waals surface area contributed by atoms with Gasteiger partial charge in [0.2, 0.25) is 0 Å². The molecule has 0 aliphatic heterocycles. The van der Waals surface area contributed by atoms with Gasteiger partial charge in [0.15, 0.2) is 0 Å². The summed E-state index contributed by atoms with van der Waals surface area (Å²) < 4.78 is 0. The van der Waals surface area contributed by atoms with E-state index in [1.807, 2.05) is 11.8 Å². The molecular formula is C14H23NS. The monoisotopic (exact) mass is 237 g/mol. The third kappa shape index (κ3) is 4.18. The minimum absolute atomic E-state index is 0.212. The summed E-state index contributed by atoms with van der Waals surface area (Å²) in [4.78, 5) is 0. The van der Waals surface area contributed by atoms with Crippen molar-refractivity contribution in [2.75, 3.05) is 5.75 Å². The Balaban J connectivity index is 2.69. The number of unbranched alkanes of at least 4 members (excludes halogenated alkanes) is 1. The first-order valence-electron chi connectivity index (χ1n) is 6.09. The first-order chi connectivity index (χ1) is 7.65. The van der Waals surface area contributed by atoms with Crippen molar-refractivity contribution in [3.05, 3.63) is 35.4 Å². The van der Waals surface area contributed by atoms with Crippen LogP contribution in [0, 0.1) is 6.92 Å². The van der Waals surface area contributed by atoms with Crippen LogP contribution in [0.15, 0.2) is 24.3 Å². The summed E-state index contributed by atoms with van der Waals surface area (Å²) >= 11 is 1.99. The smallest absolute Gasteiger partial charge is 0.0445 e. The molecule has 0 amide bonds. The normalized spacial score (nSPS) is 14.8. The van der Waals surface area contributed by atoms with Crippen molar-refractivity contribution < 1.29 is 0 Å². The van der Waals surface area contributed by atoms with E-state index in [1.54, 1.807) is 0 Å². The SMILES string of the molecule is CCCCSC(c1cccc(C)c1)C(C)N. The lowest BCUT2D eigenvalue weighted by atomic mass is 10.0. The molecule has 2 unspecified atom stereocenters. The van der Waals surface area contributed by atoms with Crippen LogP contribution in [-0.4, -0.2) is 11.8 Å². The van der Waals surface area contributed by atoms with E-state index in [9.17, 15) is 0 Å². The first-order valence-corrected chi connectivity index (χ1v) is 7.13. The highest BCUT2D eigenvalue weighted by molar-refractivity contribution is 7.99. The lowest BCUT2D eigenvalue weighted by molar-refractivity contribution is 0.719. The van der Waals surface area contributed by atoms with Gasteiger partial charge < -0.3 is 5.73 Å². The summed E-state index contributed by atoms with van der Waals surface area (Å²) in [5, 5.41) is 0.437. The highest BCUT2D eigenvalue weighted by atomic mass is 32.2. The molecule has 1 nitrogen and oxygen atoms in total. The van der Waals surface area contributed by atoms with Gasteiger partial charge in [-0.2, -0.15) is 11.8 Å². The van der Waals surface area contributed by atoms with Crippen LogP contribution < -0.4 is 5.73 Å². The van der Waals surface area contributed by atoms with E-state index in [0.717, 1.165) is 0 Å². The standard InChI is InChI=1S/C14H23NS/c1-4-5-9-16-14(12(3)15)13-8-6-7-11(2)10-13/h6-8,10,12,14H,4-5,9,15H2,1-3H3. The molecule has 0 aromatic heterocycles. The summed E-state index contributed by atoms with van der Waals surface area (Å²) in [6.45, 7) is 6.47. The first kappa shape index (κ1) is 13.6. The minimum Gasteiger partial charge on any atom is -0.327 e. The second kappa shape index (κ2) is 6.97. The average Bonchev–Trinajstić information content (AvgIpc) is 2.24. The summed E-state index contributed by atoms with van der Waals surface area (Å²) in [5.74, 6) is 1.21. The Kier molecular flexibility index (Phi) is 5.93.